The van der Waals surface area contributed by atoms with Crippen LogP contribution in [-0.2, 0) is 12.8 Å². The molecule has 2 aliphatic rings. The number of hydrogen-bond donors (Lipinski definition) is 2. The van der Waals surface area contributed by atoms with E-state index in [1.165, 1.54) is 0 Å². The zero-order valence-corrected chi connectivity index (χ0v) is 14.3. The number of aliphatic hydroxyl groups is 1. The summed E-state index contributed by atoms with van der Waals surface area (Å²) in [5, 5.41) is 17.6. The van der Waals surface area contributed by atoms with E-state index in [0.717, 1.165) is 49.2 Å². The molecule has 1 saturated heterocycles. The molecule has 4 rings (SSSR count). The lowest BCUT2D eigenvalue weighted by atomic mass is 10.1. The van der Waals surface area contributed by atoms with Gasteiger partial charge in [0, 0.05) is 44.0 Å². The van der Waals surface area contributed by atoms with E-state index in [9.17, 15) is 9.90 Å². The van der Waals surface area contributed by atoms with E-state index < -0.39 is 6.10 Å². The van der Waals surface area contributed by atoms with E-state index in [-0.39, 0.29) is 5.91 Å². The molecule has 6 nitrogen and oxygen atoms in total. The molecule has 6 heteroatoms. The number of carbonyl (C=O) groups excluding carboxylic acids is 1. The molecular formula is C19H24N4O2. The van der Waals surface area contributed by atoms with Crippen molar-refractivity contribution in [3.8, 4) is 0 Å². The van der Waals surface area contributed by atoms with Crippen LogP contribution in [0.15, 0.2) is 30.3 Å². The van der Waals surface area contributed by atoms with Gasteiger partial charge in [0.1, 0.15) is 0 Å². The first-order valence-corrected chi connectivity index (χ1v) is 9.03. The van der Waals surface area contributed by atoms with Crippen molar-refractivity contribution >= 4 is 5.91 Å². The standard InChI is InChI=1S/C19H24N4O2/c24-17(14-5-2-1-3-6-14)13-22-9-11-23(12-10-22)19(25)18-15-7-4-8-16(15)20-21-18/h1-3,5-6,17,24H,4,7-13H2,(H,20,21)/t17-/m0/s1. The molecule has 1 atom stereocenters. The Bertz CT molecular complexity index is 735. The van der Waals surface area contributed by atoms with E-state index in [4.69, 9.17) is 0 Å². The van der Waals surface area contributed by atoms with Crippen molar-refractivity contribution in [2.45, 2.75) is 25.4 Å². The number of hydrogen-bond acceptors (Lipinski definition) is 4. The minimum absolute atomic E-state index is 0.0441. The summed E-state index contributed by atoms with van der Waals surface area (Å²) in [5.74, 6) is 0.0441. The second kappa shape index (κ2) is 6.98. The fourth-order valence-corrected chi connectivity index (χ4v) is 3.80. The van der Waals surface area contributed by atoms with Gasteiger partial charge in [-0.1, -0.05) is 30.3 Å². The number of amides is 1. The highest BCUT2D eigenvalue weighted by atomic mass is 16.3. The maximum Gasteiger partial charge on any atom is 0.274 e. The summed E-state index contributed by atoms with van der Waals surface area (Å²) in [6.07, 6.45) is 2.57. The number of aromatic amines is 1. The number of rotatable bonds is 4. The highest BCUT2D eigenvalue weighted by molar-refractivity contribution is 5.94. The Kier molecular flexibility index (Phi) is 4.55. The first-order valence-electron chi connectivity index (χ1n) is 9.03. The summed E-state index contributed by atoms with van der Waals surface area (Å²) >= 11 is 0. The molecule has 0 spiro atoms. The smallest absolute Gasteiger partial charge is 0.274 e. The average Bonchev–Trinajstić information content (AvgIpc) is 3.26. The van der Waals surface area contributed by atoms with Gasteiger partial charge in [0.2, 0.25) is 0 Å². The van der Waals surface area contributed by atoms with Crippen molar-refractivity contribution in [3.63, 3.8) is 0 Å². The second-order valence-electron chi connectivity index (χ2n) is 6.90. The normalized spacial score (nSPS) is 19.0. The van der Waals surface area contributed by atoms with Crippen molar-refractivity contribution < 1.29 is 9.90 Å². The van der Waals surface area contributed by atoms with Gasteiger partial charge in [-0.25, -0.2) is 0 Å². The van der Waals surface area contributed by atoms with Gasteiger partial charge >= 0.3 is 0 Å². The molecule has 0 saturated carbocycles. The predicted octanol–water partition coefficient (Wildman–Crippen LogP) is 1.39. The van der Waals surface area contributed by atoms with Crippen LogP contribution in [-0.4, -0.2) is 63.7 Å². The number of carbonyl (C=O) groups is 1. The molecule has 25 heavy (non-hydrogen) atoms. The number of aliphatic hydroxyl groups excluding tert-OH is 1. The van der Waals surface area contributed by atoms with Crippen LogP contribution in [0.4, 0.5) is 0 Å². The lowest BCUT2D eigenvalue weighted by Crippen LogP contribution is -2.49. The average molecular weight is 340 g/mol. The van der Waals surface area contributed by atoms with Crippen LogP contribution in [0.5, 0.6) is 0 Å². The van der Waals surface area contributed by atoms with Crippen molar-refractivity contribution in [2.24, 2.45) is 0 Å². The Hall–Kier alpha value is -2.18. The number of β-amino-alcohol motifs (C(OH)–C–C–N with tert-alkyl or cyclic N) is 1. The van der Waals surface area contributed by atoms with E-state index in [0.29, 0.717) is 25.3 Å². The van der Waals surface area contributed by atoms with E-state index >= 15 is 0 Å². The molecule has 2 aromatic rings. The minimum atomic E-state index is -0.488. The molecular weight excluding hydrogens is 316 g/mol. The van der Waals surface area contributed by atoms with Crippen molar-refractivity contribution in [1.82, 2.24) is 20.0 Å². The Morgan fingerprint density at radius 3 is 2.68 bits per heavy atom. The van der Waals surface area contributed by atoms with Gasteiger partial charge in [-0.2, -0.15) is 5.10 Å². The SMILES string of the molecule is O=C(c1n[nH]c2c1CCC2)N1CCN(C[C@H](O)c2ccccc2)CC1. The van der Waals surface area contributed by atoms with Crippen molar-refractivity contribution in [1.29, 1.82) is 0 Å². The van der Waals surface area contributed by atoms with Crippen molar-refractivity contribution in [2.75, 3.05) is 32.7 Å². The Morgan fingerprint density at radius 1 is 1.16 bits per heavy atom. The topological polar surface area (TPSA) is 72.5 Å². The fraction of sp³-hybridized carbons (Fsp3) is 0.474. The van der Waals surface area contributed by atoms with Crippen LogP contribution in [0.25, 0.3) is 0 Å². The predicted molar refractivity (Wildman–Crippen MR) is 94.4 cm³/mol. The maximum absolute atomic E-state index is 12.7. The first kappa shape index (κ1) is 16.3. The third-order valence-electron chi connectivity index (χ3n) is 5.28. The van der Waals surface area contributed by atoms with Gasteiger partial charge in [-0.05, 0) is 24.8 Å². The number of fused-ring (bicyclic) bond motifs is 1. The number of aromatic nitrogens is 2. The molecule has 2 heterocycles. The van der Waals surface area contributed by atoms with E-state index in [1.807, 2.05) is 35.2 Å². The third kappa shape index (κ3) is 3.32. The number of nitrogens with zero attached hydrogens (tertiary/aromatic N) is 3. The van der Waals surface area contributed by atoms with Gasteiger partial charge in [0.25, 0.3) is 5.91 Å². The van der Waals surface area contributed by atoms with Crippen LogP contribution >= 0.6 is 0 Å². The zero-order valence-electron chi connectivity index (χ0n) is 14.3. The molecule has 1 aliphatic carbocycles. The Labute approximate surface area is 147 Å². The van der Waals surface area contributed by atoms with Crippen LogP contribution < -0.4 is 0 Å². The lowest BCUT2D eigenvalue weighted by Gasteiger charge is -2.35. The second-order valence-corrected chi connectivity index (χ2v) is 6.90. The largest absolute Gasteiger partial charge is 0.387 e. The number of piperazine rings is 1. The first-order chi connectivity index (χ1) is 12.2. The van der Waals surface area contributed by atoms with Gasteiger partial charge in [0.05, 0.1) is 6.10 Å². The molecule has 0 bridgehead atoms. The van der Waals surface area contributed by atoms with E-state index in [2.05, 4.69) is 15.1 Å². The van der Waals surface area contributed by atoms with Gasteiger partial charge in [0.15, 0.2) is 5.69 Å². The highest BCUT2D eigenvalue weighted by Gasteiger charge is 2.29. The summed E-state index contributed by atoms with van der Waals surface area (Å²) in [6, 6.07) is 9.73. The quantitative estimate of drug-likeness (QED) is 0.882. The van der Waals surface area contributed by atoms with Crippen molar-refractivity contribution in [3.05, 3.63) is 52.8 Å². The number of H-pyrrole nitrogens is 1. The summed E-state index contributed by atoms with van der Waals surface area (Å²) < 4.78 is 0. The number of benzene rings is 1. The van der Waals surface area contributed by atoms with E-state index in [1.54, 1.807) is 0 Å². The summed E-state index contributed by atoms with van der Waals surface area (Å²) in [4.78, 5) is 16.9. The molecule has 1 fully saturated rings. The van der Waals surface area contributed by atoms with Gasteiger partial charge < -0.3 is 10.0 Å². The number of aryl methyl sites for hydroxylation is 1. The molecule has 1 amide bonds. The number of nitrogens with one attached hydrogen (secondary N) is 1. The maximum atomic E-state index is 12.7. The molecule has 1 aromatic heterocycles. The molecule has 2 N–H and O–H groups in total. The molecule has 0 unspecified atom stereocenters. The third-order valence-corrected chi connectivity index (χ3v) is 5.28. The summed E-state index contributed by atoms with van der Waals surface area (Å²) in [7, 11) is 0. The fourth-order valence-electron chi connectivity index (χ4n) is 3.80. The summed E-state index contributed by atoms with van der Waals surface area (Å²) in [5.41, 5.74) is 3.80. The Morgan fingerprint density at radius 2 is 1.92 bits per heavy atom. The Balaban J connectivity index is 1.33. The van der Waals surface area contributed by atoms with Gasteiger partial charge in [-0.3, -0.25) is 14.8 Å². The van der Waals surface area contributed by atoms with Gasteiger partial charge in [-0.15, -0.1) is 0 Å². The summed E-state index contributed by atoms with van der Waals surface area (Å²) in [6.45, 7) is 3.53. The van der Waals surface area contributed by atoms with Crippen LogP contribution in [0.2, 0.25) is 0 Å². The minimum Gasteiger partial charge on any atom is -0.387 e. The monoisotopic (exact) mass is 340 g/mol. The molecule has 0 radical (unpaired) electrons. The molecule has 132 valence electrons. The van der Waals surface area contributed by atoms with Crippen LogP contribution in [0.1, 0.15) is 39.8 Å². The molecule has 1 aromatic carbocycles. The zero-order chi connectivity index (χ0) is 17.2. The lowest BCUT2D eigenvalue weighted by molar-refractivity contribution is 0.0522. The highest BCUT2D eigenvalue weighted by Crippen LogP contribution is 2.24. The molecule has 1 aliphatic heterocycles. The van der Waals surface area contributed by atoms with Crippen LogP contribution in [0, 0.1) is 0 Å². The van der Waals surface area contributed by atoms with Crippen LogP contribution in [0.3, 0.4) is 0 Å².